The van der Waals surface area contributed by atoms with Crippen LogP contribution in [0.5, 0.6) is 5.75 Å². The Labute approximate surface area is 205 Å². The summed E-state index contributed by atoms with van der Waals surface area (Å²) in [5.74, 6) is 8.05. The molecule has 0 spiro atoms. The van der Waals surface area contributed by atoms with Crippen molar-refractivity contribution in [2.75, 3.05) is 33.5 Å². The van der Waals surface area contributed by atoms with Gasteiger partial charge in [-0.3, -0.25) is 0 Å². The average molecular weight is 474 g/mol. The van der Waals surface area contributed by atoms with E-state index >= 15 is 0 Å². The van der Waals surface area contributed by atoms with Crippen molar-refractivity contribution in [2.45, 2.75) is 20.4 Å². The number of ether oxygens (including phenoxy) is 3. The van der Waals surface area contributed by atoms with E-state index in [9.17, 15) is 4.39 Å². The third kappa shape index (κ3) is 6.27. The average Bonchev–Trinajstić information content (AvgIpc) is 3.19. The maximum Gasteiger partial charge on any atom is 0.334 e. The highest BCUT2D eigenvalue weighted by Gasteiger charge is 2.17. The summed E-state index contributed by atoms with van der Waals surface area (Å²) >= 11 is 0. The molecular weight excluding hydrogens is 443 g/mol. The van der Waals surface area contributed by atoms with Gasteiger partial charge in [0.25, 0.3) is 0 Å². The van der Waals surface area contributed by atoms with Gasteiger partial charge in [0.2, 0.25) is 0 Å². The first-order valence-corrected chi connectivity index (χ1v) is 11.6. The van der Waals surface area contributed by atoms with Crippen molar-refractivity contribution >= 4 is 11.0 Å². The van der Waals surface area contributed by atoms with Gasteiger partial charge in [-0.2, -0.15) is 0 Å². The van der Waals surface area contributed by atoms with Gasteiger partial charge in [0, 0.05) is 18.6 Å². The lowest BCUT2D eigenvalue weighted by Crippen LogP contribution is -2.36. The summed E-state index contributed by atoms with van der Waals surface area (Å²) in [7, 11) is 1.65. The van der Waals surface area contributed by atoms with Crippen LogP contribution in [0.2, 0.25) is 0 Å². The quantitative estimate of drug-likeness (QED) is 0.218. The van der Waals surface area contributed by atoms with Crippen LogP contribution in [0.4, 0.5) is 4.39 Å². The second kappa shape index (κ2) is 11.7. The molecule has 0 aliphatic carbocycles. The van der Waals surface area contributed by atoms with Crippen molar-refractivity contribution in [1.29, 1.82) is 0 Å². The first kappa shape index (κ1) is 24.5. The number of methoxy groups -OCH3 is 1. The molecule has 0 unspecified atom stereocenters. The molecule has 0 aliphatic rings. The molecule has 0 saturated carbocycles. The van der Waals surface area contributed by atoms with Crippen LogP contribution >= 0.6 is 0 Å². The van der Waals surface area contributed by atoms with Gasteiger partial charge < -0.3 is 14.2 Å². The number of hydrogen-bond donors (Lipinski definition) is 1. The smallest absolute Gasteiger partial charge is 0.334 e. The number of aryl methyl sites for hydroxylation is 2. The zero-order chi connectivity index (χ0) is 24.6. The highest BCUT2D eigenvalue weighted by atomic mass is 19.1. The summed E-state index contributed by atoms with van der Waals surface area (Å²) in [5.41, 5.74) is 6.13. The zero-order valence-corrected chi connectivity index (χ0v) is 20.4. The molecule has 0 radical (unpaired) electrons. The second-order valence-corrected chi connectivity index (χ2v) is 8.34. The Morgan fingerprint density at radius 3 is 2.34 bits per heavy atom. The van der Waals surface area contributed by atoms with Gasteiger partial charge in [-0.25, -0.2) is 13.9 Å². The van der Waals surface area contributed by atoms with E-state index in [4.69, 9.17) is 14.2 Å². The summed E-state index contributed by atoms with van der Waals surface area (Å²) in [4.78, 5) is 3.43. The Hall–Kier alpha value is -3.66. The maximum absolute atomic E-state index is 13.4. The van der Waals surface area contributed by atoms with E-state index in [1.807, 2.05) is 44.2 Å². The summed E-state index contributed by atoms with van der Waals surface area (Å²) in [6.45, 7) is 6.79. The molecule has 0 atom stereocenters. The number of para-hydroxylation sites is 2. The number of nitrogens with one attached hydrogen (secondary N) is 1. The first-order valence-electron chi connectivity index (χ1n) is 11.6. The number of H-pyrrole nitrogens is 1. The zero-order valence-electron chi connectivity index (χ0n) is 20.4. The molecule has 0 saturated heterocycles. The Morgan fingerprint density at radius 1 is 0.886 bits per heavy atom. The fourth-order valence-electron chi connectivity index (χ4n) is 3.95. The van der Waals surface area contributed by atoms with Crippen molar-refractivity contribution in [3.8, 4) is 17.6 Å². The van der Waals surface area contributed by atoms with E-state index in [0.29, 0.717) is 33.0 Å². The SMILES string of the molecule is COCCOCCOc1cc(C)c(C#Cc2[nH]c3ccccc3[n+]2Cc2ccc(F)cc2)c(C)c1. The maximum atomic E-state index is 13.4. The molecule has 6 heteroatoms. The van der Waals surface area contributed by atoms with Crippen LogP contribution in [-0.4, -0.2) is 38.5 Å². The number of rotatable bonds is 9. The first-order chi connectivity index (χ1) is 17.0. The lowest BCUT2D eigenvalue weighted by atomic mass is 10.0. The summed E-state index contributed by atoms with van der Waals surface area (Å²) < 4.78 is 31.8. The van der Waals surface area contributed by atoms with E-state index in [1.54, 1.807) is 19.2 Å². The van der Waals surface area contributed by atoms with Gasteiger partial charge in [0.05, 0.1) is 19.8 Å². The molecule has 0 bridgehead atoms. The molecule has 180 valence electrons. The minimum Gasteiger partial charge on any atom is -0.491 e. The van der Waals surface area contributed by atoms with E-state index < -0.39 is 0 Å². The molecule has 0 aliphatic heterocycles. The highest BCUT2D eigenvalue weighted by molar-refractivity contribution is 5.71. The molecule has 35 heavy (non-hydrogen) atoms. The predicted molar refractivity (Wildman–Crippen MR) is 134 cm³/mol. The van der Waals surface area contributed by atoms with Crippen molar-refractivity contribution in [3.63, 3.8) is 0 Å². The number of hydrogen-bond acceptors (Lipinski definition) is 3. The van der Waals surface area contributed by atoms with Gasteiger partial charge in [0.15, 0.2) is 11.0 Å². The van der Waals surface area contributed by atoms with Crippen molar-refractivity contribution < 1.29 is 23.2 Å². The monoisotopic (exact) mass is 473 g/mol. The van der Waals surface area contributed by atoms with Crippen LogP contribution in [0, 0.1) is 31.5 Å². The van der Waals surface area contributed by atoms with Gasteiger partial charge >= 0.3 is 5.82 Å². The molecule has 4 rings (SSSR count). The van der Waals surface area contributed by atoms with Crippen LogP contribution in [0.3, 0.4) is 0 Å². The number of aromatic amines is 1. The Kier molecular flexibility index (Phi) is 8.15. The lowest BCUT2D eigenvalue weighted by Gasteiger charge is -2.10. The molecule has 4 aromatic rings. The van der Waals surface area contributed by atoms with Gasteiger partial charge in [-0.15, -0.1) is 0 Å². The van der Waals surface area contributed by atoms with Crippen molar-refractivity contribution in [1.82, 2.24) is 4.98 Å². The third-order valence-corrected chi connectivity index (χ3v) is 5.71. The Bertz CT molecular complexity index is 1330. The Morgan fingerprint density at radius 2 is 1.60 bits per heavy atom. The second-order valence-electron chi connectivity index (χ2n) is 8.34. The highest BCUT2D eigenvalue weighted by Crippen LogP contribution is 2.21. The van der Waals surface area contributed by atoms with Gasteiger partial charge in [0.1, 0.15) is 24.7 Å². The minimum atomic E-state index is -0.241. The molecule has 5 nitrogen and oxygen atoms in total. The van der Waals surface area contributed by atoms with E-state index in [1.165, 1.54) is 12.1 Å². The van der Waals surface area contributed by atoms with E-state index in [0.717, 1.165) is 44.9 Å². The lowest BCUT2D eigenvalue weighted by molar-refractivity contribution is -0.664. The van der Waals surface area contributed by atoms with Crippen molar-refractivity contribution in [2.24, 2.45) is 0 Å². The van der Waals surface area contributed by atoms with Gasteiger partial charge in [-0.1, -0.05) is 30.2 Å². The van der Waals surface area contributed by atoms with Crippen LogP contribution < -0.4 is 9.30 Å². The molecule has 1 N–H and O–H groups in total. The summed E-state index contributed by atoms with van der Waals surface area (Å²) in [6, 6.07) is 18.7. The fraction of sp³-hybridized carbons (Fsp3) is 0.276. The summed E-state index contributed by atoms with van der Waals surface area (Å²) in [5, 5.41) is 0. The minimum absolute atomic E-state index is 0.241. The van der Waals surface area contributed by atoms with E-state index in [2.05, 4.69) is 27.5 Å². The standard InChI is InChI=1S/C29H29FN2O3/c1-21-18-25(35-17-16-34-15-14-33-3)19-22(2)26(21)12-13-29-31-27-6-4-5-7-28(27)32(29)20-23-8-10-24(30)11-9-23/h4-11,18-19H,14-17,20H2,1-3H3/p+1. The van der Waals surface area contributed by atoms with Crippen LogP contribution in [0.1, 0.15) is 28.1 Å². The van der Waals surface area contributed by atoms with Crippen LogP contribution in [-0.2, 0) is 16.0 Å². The van der Waals surface area contributed by atoms with Gasteiger partial charge in [-0.05, 0) is 66.9 Å². The van der Waals surface area contributed by atoms with E-state index in [-0.39, 0.29) is 5.82 Å². The largest absolute Gasteiger partial charge is 0.491 e. The number of fused-ring (bicyclic) bond motifs is 1. The van der Waals surface area contributed by atoms with Crippen LogP contribution in [0.15, 0.2) is 60.7 Å². The molecule has 3 aromatic carbocycles. The molecule has 1 heterocycles. The number of halogens is 1. The number of benzene rings is 3. The molecular formula is C29H30FN2O3+. The third-order valence-electron chi connectivity index (χ3n) is 5.71. The summed E-state index contributed by atoms with van der Waals surface area (Å²) in [6.07, 6.45) is 0. The molecule has 0 amide bonds. The topological polar surface area (TPSA) is 47.4 Å². The molecule has 0 fully saturated rings. The number of aromatic nitrogens is 2. The number of imidazole rings is 1. The van der Waals surface area contributed by atoms with Crippen LogP contribution in [0.25, 0.3) is 11.0 Å². The Balaban J connectivity index is 1.56. The van der Waals surface area contributed by atoms with Crippen molar-refractivity contribution in [3.05, 3.63) is 94.6 Å². The normalized spacial score (nSPS) is 10.9. The number of nitrogens with zero attached hydrogens (tertiary/aromatic N) is 1. The fourth-order valence-corrected chi connectivity index (χ4v) is 3.95. The molecule has 1 aromatic heterocycles. The predicted octanol–water partition coefficient (Wildman–Crippen LogP) is 4.70.